The highest BCUT2D eigenvalue weighted by atomic mass is 35.5. The van der Waals surface area contributed by atoms with Crippen LogP contribution < -0.4 is 5.32 Å². The fraction of sp³-hybridized carbons (Fsp3) is 0.467. The van der Waals surface area contributed by atoms with Gasteiger partial charge >= 0.3 is 0 Å². The highest BCUT2D eigenvalue weighted by Gasteiger charge is 2.13. The summed E-state index contributed by atoms with van der Waals surface area (Å²) >= 11 is 6.19. The lowest BCUT2D eigenvalue weighted by Crippen LogP contribution is -2.35. The van der Waals surface area contributed by atoms with Gasteiger partial charge in [-0.2, -0.15) is 5.10 Å². The molecule has 2 aromatic heterocycles. The summed E-state index contributed by atoms with van der Waals surface area (Å²) in [5, 5.41) is 8.60. The number of nitrogens with one attached hydrogen (secondary N) is 1. The van der Waals surface area contributed by atoms with Crippen molar-refractivity contribution in [3.63, 3.8) is 0 Å². The van der Waals surface area contributed by atoms with Crippen molar-refractivity contribution < 1.29 is 0 Å². The van der Waals surface area contributed by atoms with E-state index < -0.39 is 0 Å². The van der Waals surface area contributed by atoms with Gasteiger partial charge < -0.3 is 5.32 Å². The van der Waals surface area contributed by atoms with E-state index in [1.165, 1.54) is 5.56 Å². The summed E-state index contributed by atoms with van der Waals surface area (Å²) in [4.78, 5) is 4.38. The molecule has 0 saturated heterocycles. The average molecular weight is 293 g/mol. The zero-order valence-corrected chi connectivity index (χ0v) is 13.4. The molecule has 0 fully saturated rings. The van der Waals surface area contributed by atoms with Crippen molar-refractivity contribution in [2.24, 2.45) is 0 Å². The number of pyridine rings is 1. The SMILES string of the molecule is Cc1nn(-c2cc(CNC(C)(C)C)ccn2)c(C)c1Cl. The Hall–Kier alpha value is -1.39. The molecule has 4 nitrogen and oxygen atoms in total. The Balaban J connectivity index is 2.28. The van der Waals surface area contributed by atoms with E-state index in [2.05, 4.69) is 36.2 Å². The van der Waals surface area contributed by atoms with Gasteiger partial charge in [-0.25, -0.2) is 9.67 Å². The predicted molar refractivity (Wildman–Crippen MR) is 82.4 cm³/mol. The Morgan fingerprint density at radius 1 is 1.30 bits per heavy atom. The van der Waals surface area contributed by atoms with Gasteiger partial charge in [0.25, 0.3) is 0 Å². The van der Waals surface area contributed by atoms with Crippen LogP contribution in [-0.4, -0.2) is 20.3 Å². The molecule has 0 aliphatic heterocycles. The van der Waals surface area contributed by atoms with Crippen molar-refractivity contribution in [3.05, 3.63) is 40.3 Å². The lowest BCUT2D eigenvalue weighted by atomic mass is 10.1. The second kappa shape index (κ2) is 5.54. The molecule has 5 heteroatoms. The number of halogens is 1. The zero-order chi connectivity index (χ0) is 14.9. The Morgan fingerprint density at radius 3 is 2.55 bits per heavy atom. The monoisotopic (exact) mass is 292 g/mol. The Labute approximate surface area is 125 Å². The lowest BCUT2D eigenvalue weighted by Gasteiger charge is -2.20. The third-order valence-corrected chi connectivity index (χ3v) is 3.60. The second-order valence-corrected chi connectivity index (χ2v) is 6.40. The number of hydrogen-bond acceptors (Lipinski definition) is 3. The number of rotatable bonds is 3. The van der Waals surface area contributed by atoms with E-state index in [0.29, 0.717) is 5.02 Å². The van der Waals surface area contributed by atoms with Crippen LogP contribution in [-0.2, 0) is 6.54 Å². The molecule has 0 spiro atoms. The van der Waals surface area contributed by atoms with Gasteiger partial charge in [0.05, 0.1) is 16.4 Å². The van der Waals surface area contributed by atoms with Gasteiger partial charge in [0, 0.05) is 18.3 Å². The molecule has 20 heavy (non-hydrogen) atoms. The van der Waals surface area contributed by atoms with Crippen molar-refractivity contribution >= 4 is 11.6 Å². The van der Waals surface area contributed by atoms with E-state index >= 15 is 0 Å². The highest BCUT2D eigenvalue weighted by Crippen LogP contribution is 2.21. The van der Waals surface area contributed by atoms with E-state index in [-0.39, 0.29) is 5.54 Å². The first kappa shape index (κ1) is 15.0. The van der Waals surface area contributed by atoms with Crippen LogP contribution in [0.1, 0.15) is 37.7 Å². The Kier molecular flexibility index (Phi) is 4.16. The smallest absolute Gasteiger partial charge is 0.153 e. The van der Waals surface area contributed by atoms with Crippen LogP contribution in [0, 0.1) is 13.8 Å². The summed E-state index contributed by atoms with van der Waals surface area (Å²) in [5.74, 6) is 0.797. The van der Waals surface area contributed by atoms with Crippen LogP contribution in [0.25, 0.3) is 5.82 Å². The standard InChI is InChI=1S/C15H21ClN4/c1-10-14(16)11(2)20(19-10)13-8-12(6-7-17-13)9-18-15(3,4)5/h6-8,18H,9H2,1-5H3. The molecule has 0 unspecified atom stereocenters. The molecule has 0 saturated carbocycles. The minimum absolute atomic E-state index is 0.0882. The summed E-state index contributed by atoms with van der Waals surface area (Å²) in [6.07, 6.45) is 1.80. The van der Waals surface area contributed by atoms with Gasteiger partial charge in [0.15, 0.2) is 5.82 Å². The summed E-state index contributed by atoms with van der Waals surface area (Å²) < 4.78 is 1.79. The van der Waals surface area contributed by atoms with E-state index in [1.54, 1.807) is 10.9 Å². The number of nitrogens with zero attached hydrogens (tertiary/aromatic N) is 3. The second-order valence-electron chi connectivity index (χ2n) is 6.02. The fourth-order valence-corrected chi connectivity index (χ4v) is 2.02. The minimum atomic E-state index is 0.0882. The van der Waals surface area contributed by atoms with E-state index in [0.717, 1.165) is 23.8 Å². The molecule has 0 aliphatic carbocycles. The maximum Gasteiger partial charge on any atom is 0.153 e. The number of aromatic nitrogens is 3. The van der Waals surface area contributed by atoms with E-state index in [1.807, 2.05) is 26.0 Å². The van der Waals surface area contributed by atoms with Gasteiger partial charge in [0.2, 0.25) is 0 Å². The Morgan fingerprint density at radius 2 is 2.00 bits per heavy atom. The molecule has 1 N–H and O–H groups in total. The van der Waals surface area contributed by atoms with Crippen LogP contribution >= 0.6 is 11.6 Å². The third kappa shape index (κ3) is 3.38. The third-order valence-electron chi connectivity index (χ3n) is 3.05. The molecular formula is C15H21ClN4. The molecular weight excluding hydrogens is 272 g/mol. The quantitative estimate of drug-likeness (QED) is 0.942. The summed E-state index contributed by atoms with van der Waals surface area (Å²) in [6, 6.07) is 4.05. The maximum absolute atomic E-state index is 6.19. The molecule has 0 radical (unpaired) electrons. The van der Waals surface area contributed by atoms with Gasteiger partial charge in [-0.05, 0) is 52.3 Å². The summed E-state index contributed by atoms with van der Waals surface area (Å²) in [7, 11) is 0. The minimum Gasteiger partial charge on any atom is -0.308 e. The van der Waals surface area contributed by atoms with Gasteiger partial charge in [-0.1, -0.05) is 11.6 Å². The fourth-order valence-electron chi connectivity index (χ4n) is 1.90. The molecule has 0 amide bonds. The van der Waals surface area contributed by atoms with Crippen molar-refractivity contribution in [2.45, 2.75) is 46.7 Å². The van der Waals surface area contributed by atoms with Crippen LogP contribution in [0.2, 0.25) is 5.02 Å². The molecule has 0 aliphatic rings. The number of hydrogen-bond donors (Lipinski definition) is 1. The van der Waals surface area contributed by atoms with Crippen molar-refractivity contribution in [1.82, 2.24) is 20.1 Å². The molecule has 2 rings (SSSR count). The lowest BCUT2D eigenvalue weighted by molar-refractivity contribution is 0.424. The topological polar surface area (TPSA) is 42.7 Å². The molecule has 108 valence electrons. The van der Waals surface area contributed by atoms with Gasteiger partial charge in [0.1, 0.15) is 0 Å². The van der Waals surface area contributed by atoms with Gasteiger partial charge in [-0.3, -0.25) is 0 Å². The first-order valence-corrected chi connectivity index (χ1v) is 7.08. The summed E-state index contributed by atoms with van der Waals surface area (Å²) in [5.41, 5.74) is 3.00. The zero-order valence-electron chi connectivity index (χ0n) is 12.7. The normalized spacial score (nSPS) is 11.9. The van der Waals surface area contributed by atoms with Crippen LogP contribution in [0.5, 0.6) is 0 Å². The highest BCUT2D eigenvalue weighted by molar-refractivity contribution is 6.31. The van der Waals surface area contributed by atoms with E-state index in [9.17, 15) is 0 Å². The van der Waals surface area contributed by atoms with Gasteiger partial charge in [-0.15, -0.1) is 0 Å². The molecule has 0 aromatic carbocycles. The van der Waals surface area contributed by atoms with Crippen LogP contribution in [0.3, 0.4) is 0 Å². The molecule has 2 aromatic rings. The van der Waals surface area contributed by atoms with Crippen LogP contribution in [0.15, 0.2) is 18.3 Å². The van der Waals surface area contributed by atoms with Crippen molar-refractivity contribution in [2.75, 3.05) is 0 Å². The number of aryl methyl sites for hydroxylation is 1. The Bertz CT molecular complexity index is 611. The maximum atomic E-state index is 6.19. The largest absolute Gasteiger partial charge is 0.308 e. The first-order chi connectivity index (χ1) is 9.28. The van der Waals surface area contributed by atoms with Crippen molar-refractivity contribution in [3.8, 4) is 5.82 Å². The summed E-state index contributed by atoms with van der Waals surface area (Å²) in [6.45, 7) is 11.1. The molecule has 0 atom stereocenters. The first-order valence-electron chi connectivity index (χ1n) is 6.70. The molecule has 0 bridgehead atoms. The van der Waals surface area contributed by atoms with Crippen molar-refractivity contribution in [1.29, 1.82) is 0 Å². The predicted octanol–water partition coefficient (Wildman–Crippen LogP) is 3.43. The van der Waals surface area contributed by atoms with E-state index in [4.69, 9.17) is 11.6 Å². The average Bonchev–Trinajstić information content (AvgIpc) is 2.64. The van der Waals surface area contributed by atoms with Crippen LogP contribution in [0.4, 0.5) is 0 Å². The molecule has 2 heterocycles.